The Bertz CT molecular complexity index is 1730. The summed E-state index contributed by atoms with van der Waals surface area (Å²) in [5.41, 5.74) is -3.79. The Labute approximate surface area is 379 Å². The molecule has 5 rings (SSSR count). The lowest BCUT2D eigenvalue weighted by Crippen LogP contribution is -2.61. The Balaban J connectivity index is 1.63. The second kappa shape index (κ2) is 21.7. The highest BCUT2D eigenvalue weighted by Crippen LogP contribution is 2.42. The van der Waals surface area contributed by atoms with Crippen molar-refractivity contribution in [3.05, 3.63) is 48.0 Å². The molecule has 362 valence electrons. The average Bonchev–Trinajstić information content (AvgIpc) is 3.25. The Morgan fingerprint density at radius 1 is 0.938 bits per heavy atom. The van der Waals surface area contributed by atoms with Gasteiger partial charge in [0.1, 0.15) is 29.5 Å². The molecule has 1 aromatic rings. The highest BCUT2D eigenvalue weighted by molar-refractivity contribution is 5.89. The van der Waals surface area contributed by atoms with Gasteiger partial charge in [-0.1, -0.05) is 51.1 Å². The number of aliphatic hydroxyl groups is 2. The van der Waals surface area contributed by atoms with E-state index in [0.29, 0.717) is 12.0 Å². The molecule has 4 aliphatic rings. The first-order valence-corrected chi connectivity index (χ1v) is 23.0. The van der Waals surface area contributed by atoms with Crippen molar-refractivity contribution in [1.29, 1.82) is 0 Å². The number of ether oxygens (including phenoxy) is 9. The summed E-state index contributed by atoms with van der Waals surface area (Å²) in [4.78, 5) is 44.2. The molecule has 2 bridgehead atoms. The summed E-state index contributed by atoms with van der Waals surface area (Å²) in [6.07, 6.45) is -4.66. The number of hydrogen-bond donors (Lipinski definition) is 3. The minimum absolute atomic E-state index is 0.0715. The summed E-state index contributed by atoms with van der Waals surface area (Å²) in [6.45, 7) is 18.0. The van der Waals surface area contributed by atoms with Gasteiger partial charge in [-0.15, -0.1) is 0 Å². The average molecular weight is 905 g/mol. The maximum Gasteiger partial charge on any atom is 0.338 e. The van der Waals surface area contributed by atoms with Crippen molar-refractivity contribution >= 4 is 17.8 Å². The molecule has 18 atom stereocenters. The number of benzene rings is 1. The molecular weight excluding hydrogens is 829 g/mol. The zero-order chi connectivity index (χ0) is 47.3. The third-order valence-corrected chi connectivity index (χ3v) is 13.9. The molecule has 64 heavy (non-hydrogen) atoms. The molecule has 3 fully saturated rings. The lowest BCUT2D eigenvalue weighted by molar-refractivity contribution is -0.319. The molecular formula is C48H76N2O14. The van der Waals surface area contributed by atoms with Crippen molar-refractivity contribution < 1.29 is 67.2 Å². The largest absolute Gasteiger partial charge is 0.459 e. The molecule has 0 aromatic heterocycles. The number of cyclic esters (lactones) is 1. The number of fused-ring (bicyclic) bond motifs is 6. The van der Waals surface area contributed by atoms with E-state index in [9.17, 15) is 24.6 Å². The van der Waals surface area contributed by atoms with Gasteiger partial charge in [0.25, 0.3) is 0 Å². The summed E-state index contributed by atoms with van der Waals surface area (Å²) in [7, 11) is 5.31. The van der Waals surface area contributed by atoms with Gasteiger partial charge in [0.05, 0.1) is 60.8 Å². The molecule has 16 heteroatoms. The van der Waals surface area contributed by atoms with Crippen LogP contribution in [0, 0.1) is 17.8 Å². The number of carbonyl (C=O) groups excluding carboxylic acids is 3. The molecule has 4 aliphatic heterocycles. The van der Waals surface area contributed by atoms with Gasteiger partial charge in [0.15, 0.2) is 18.7 Å². The van der Waals surface area contributed by atoms with E-state index in [0.717, 1.165) is 0 Å². The third-order valence-electron chi connectivity index (χ3n) is 13.9. The lowest BCUT2D eigenvalue weighted by Gasteiger charge is -2.50. The van der Waals surface area contributed by atoms with Crippen LogP contribution >= 0.6 is 0 Å². The van der Waals surface area contributed by atoms with E-state index >= 15 is 0 Å². The van der Waals surface area contributed by atoms with E-state index < -0.39 is 108 Å². The summed E-state index contributed by atoms with van der Waals surface area (Å²) < 4.78 is 58.5. The molecule has 2 unspecified atom stereocenters. The van der Waals surface area contributed by atoms with Crippen LogP contribution < -0.4 is 5.32 Å². The topological polar surface area (TPSA) is 190 Å². The van der Waals surface area contributed by atoms with E-state index in [1.807, 2.05) is 58.8 Å². The fraction of sp³-hybridized carbons (Fsp3) is 0.771. The second-order valence-electron chi connectivity index (χ2n) is 19.4. The van der Waals surface area contributed by atoms with E-state index in [4.69, 9.17) is 42.6 Å². The number of nitrogens with zero attached hydrogens (tertiary/aromatic N) is 1. The van der Waals surface area contributed by atoms with Crippen molar-refractivity contribution in [2.45, 2.75) is 185 Å². The van der Waals surface area contributed by atoms with Gasteiger partial charge in [-0.2, -0.15) is 0 Å². The van der Waals surface area contributed by atoms with Gasteiger partial charge < -0.3 is 63.1 Å². The maximum atomic E-state index is 14.7. The SMILES string of the molecule is CC[C@H]1OC(=O)C(C)C(O[C@H]2C[C@@](C)(OC)[C@@H](OC(=O)c3ccccc3)[C@H](C)O2)[C@H](C)[C@@H](O[C@@H]2O[C@H](C)C[C@H](N(C)C)[C@H]2O)[C@@]2(C)C[C@@H](C)C(=O)N[C@H](C)[C@H](OC/C=C\CO2)[C@]1(C)O. The molecule has 0 spiro atoms. The van der Waals surface area contributed by atoms with Gasteiger partial charge >= 0.3 is 11.9 Å². The van der Waals surface area contributed by atoms with Crippen LogP contribution in [-0.4, -0.2) is 158 Å². The maximum absolute atomic E-state index is 14.7. The number of carbonyl (C=O) groups is 3. The highest BCUT2D eigenvalue weighted by atomic mass is 16.7. The van der Waals surface area contributed by atoms with Crippen molar-refractivity contribution in [2.24, 2.45) is 17.8 Å². The first kappa shape index (κ1) is 51.9. The first-order chi connectivity index (χ1) is 30.1. The quantitative estimate of drug-likeness (QED) is 0.231. The highest BCUT2D eigenvalue weighted by Gasteiger charge is 2.55. The van der Waals surface area contributed by atoms with Crippen molar-refractivity contribution in [3.63, 3.8) is 0 Å². The Kier molecular flexibility index (Phi) is 17.6. The number of methoxy groups -OCH3 is 1. The first-order valence-electron chi connectivity index (χ1n) is 23.0. The monoisotopic (exact) mass is 905 g/mol. The number of aliphatic hydroxyl groups excluding tert-OH is 1. The number of hydrogen-bond acceptors (Lipinski definition) is 15. The summed E-state index contributed by atoms with van der Waals surface area (Å²) in [6, 6.07) is 7.64. The molecule has 1 amide bonds. The molecule has 3 N–H and O–H groups in total. The van der Waals surface area contributed by atoms with Crippen LogP contribution in [0.4, 0.5) is 0 Å². The number of esters is 2. The molecule has 0 aliphatic carbocycles. The van der Waals surface area contributed by atoms with Gasteiger partial charge in [0.2, 0.25) is 5.91 Å². The summed E-state index contributed by atoms with van der Waals surface area (Å²) in [5, 5.41) is 27.2. The third kappa shape index (κ3) is 11.7. The van der Waals surface area contributed by atoms with Crippen LogP contribution in [0.5, 0.6) is 0 Å². The van der Waals surface area contributed by atoms with Crippen LogP contribution in [0.1, 0.15) is 105 Å². The van der Waals surface area contributed by atoms with Crippen LogP contribution in [0.2, 0.25) is 0 Å². The van der Waals surface area contributed by atoms with E-state index in [1.165, 1.54) is 7.11 Å². The minimum atomic E-state index is -1.77. The molecule has 4 heterocycles. The number of nitrogens with one attached hydrogen (secondary N) is 1. The molecule has 16 nitrogen and oxygen atoms in total. The van der Waals surface area contributed by atoms with E-state index in [1.54, 1.807) is 71.9 Å². The predicted molar refractivity (Wildman–Crippen MR) is 236 cm³/mol. The van der Waals surface area contributed by atoms with Gasteiger partial charge in [0, 0.05) is 31.4 Å². The van der Waals surface area contributed by atoms with Crippen LogP contribution in [0.25, 0.3) is 0 Å². The molecule has 0 saturated carbocycles. The van der Waals surface area contributed by atoms with Crippen LogP contribution in [0.3, 0.4) is 0 Å². The van der Waals surface area contributed by atoms with Crippen molar-refractivity contribution in [1.82, 2.24) is 10.2 Å². The van der Waals surface area contributed by atoms with Crippen LogP contribution in [-0.2, 0) is 52.2 Å². The smallest absolute Gasteiger partial charge is 0.338 e. The predicted octanol–water partition coefficient (Wildman–Crippen LogP) is 4.57. The van der Waals surface area contributed by atoms with E-state index in [2.05, 4.69) is 5.32 Å². The zero-order valence-corrected chi connectivity index (χ0v) is 40.2. The van der Waals surface area contributed by atoms with E-state index in [-0.39, 0.29) is 50.5 Å². The van der Waals surface area contributed by atoms with Gasteiger partial charge in [-0.3, -0.25) is 9.59 Å². The van der Waals surface area contributed by atoms with Gasteiger partial charge in [-0.25, -0.2) is 4.79 Å². The minimum Gasteiger partial charge on any atom is -0.459 e. The normalized spacial score (nSPS) is 43.6. The van der Waals surface area contributed by atoms with Crippen LogP contribution in [0.15, 0.2) is 42.5 Å². The number of likely N-dealkylation sites (N-methyl/N-ethyl adjacent to an activating group) is 1. The Hall–Kier alpha value is -3.03. The summed E-state index contributed by atoms with van der Waals surface area (Å²) >= 11 is 0. The lowest BCUT2D eigenvalue weighted by atomic mass is 9.77. The Morgan fingerprint density at radius 2 is 1.61 bits per heavy atom. The molecule has 1 aromatic carbocycles. The second-order valence-corrected chi connectivity index (χ2v) is 19.4. The van der Waals surface area contributed by atoms with Gasteiger partial charge in [-0.05, 0) is 94.0 Å². The fourth-order valence-corrected chi connectivity index (χ4v) is 10.2. The standard InChI is InChI=1S/C48H76N2O14/c1-14-35-48(10,55)40-31(6)49-42(52)27(2)25-47(9,58-23-19-18-22-57-40)39(64-45-37(51)34(50(11)12)24-28(3)59-45)29(4)38(30(5)43(53)61-35)62-36-26-46(8,56-13)41(32(7)60-36)63-44(54)33-20-16-15-17-21-33/h15-21,27-32,34-41,45,51,55H,14,22-26H2,1-13H3,(H,49,52)/b19-18-/t27-,28-,29+,30?,31-,32+,34+,35-,36+,37-,38?,39-,40+,41+,45+,46-,47-,48-/m1/s1. The summed E-state index contributed by atoms with van der Waals surface area (Å²) in [5.74, 6) is -3.99. The fourth-order valence-electron chi connectivity index (χ4n) is 10.2. The van der Waals surface area contributed by atoms with Crippen molar-refractivity contribution in [2.75, 3.05) is 34.4 Å². The number of amides is 1. The van der Waals surface area contributed by atoms with Crippen molar-refractivity contribution in [3.8, 4) is 0 Å². The molecule has 3 saturated heterocycles. The zero-order valence-electron chi connectivity index (χ0n) is 40.2. The number of rotatable bonds is 9. The Morgan fingerprint density at radius 3 is 2.25 bits per heavy atom. The molecule has 0 radical (unpaired) electrons.